The minimum absolute atomic E-state index is 0.0144. The minimum Gasteiger partial charge on any atom is -0.466 e. The van der Waals surface area contributed by atoms with Gasteiger partial charge in [0.05, 0.1) is 22.1 Å². The maximum absolute atomic E-state index is 5.53. The summed E-state index contributed by atoms with van der Waals surface area (Å²) in [4.78, 5) is 0. The Hall–Kier alpha value is -1.07. The molecule has 17 heavy (non-hydrogen) atoms. The molecule has 0 bridgehead atoms. The highest BCUT2D eigenvalue weighted by Gasteiger charge is 2.22. The maximum Gasteiger partial charge on any atom is 0.140 e. The summed E-state index contributed by atoms with van der Waals surface area (Å²) in [5.41, 5.74) is 2.13. The van der Waals surface area contributed by atoms with Gasteiger partial charge in [-0.25, -0.2) is 0 Å². The van der Waals surface area contributed by atoms with Crippen LogP contribution in [0.15, 0.2) is 27.3 Å². The van der Waals surface area contributed by atoms with Crippen molar-refractivity contribution in [2.45, 2.75) is 26.4 Å². The number of hydrogen-bond donors (Lipinski definition) is 1. The first-order valence-electron chi connectivity index (χ1n) is 5.61. The fourth-order valence-electron chi connectivity index (χ4n) is 1.98. The zero-order chi connectivity index (χ0) is 12.4. The number of furan rings is 1. The molecule has 1 unspecified atom stereocenters. The summed E-state index contributed by atoms with van der Waals surface area (Å²) < 4.78 is 8.49. The summed E-state index contributed by atoms with van der Waals surface area (Å²) in [6.45, 7) is 4.93. The largest absolute Gasteiger partial charge is 0.466 e. The Balaban J connectivity index is 2.45. The average molecular weight is 298 g/mol. The number of nitrogens with one attached hydrogen (secondary N) is 1. The van der Waals surface area contributed by atoms with Gasteiger partial charge in [0, 0.05) is 6.54 Å². The number of halogens is 1. The van der Waals surface area contributed by atoms with Crippen molar-refractivity contribution < 1.29 is 4.42 Å². The SMILES string of the molecule is CCn1nc(C)cc1C(NC)c1occc1Br. The van der Waals surface area contributed by atoms with Crippen LogP contribution in [0.4, 0.5) is 0 Å². The van der Waals surface area contributed by atoms with Crippen molar-refractivity contribution in [1.82, 2.24) is 15.1 Å². The van der Waals surface area contributed by atoms with E-state index in [4.69, 9.17) is 4.42 Å². The van der Waals surface area contributed by atoms with Crippen LogP contribution in [-0.4, -0.2) is 16.8 Å². The van der Waals surface area contributed by atoms with Gasteiger partial charge in [0.15, 0.2) is 0 Å². The Morgan fingerprint density at radius 1 is 1.59 bits per heavy atom. The van der Waals surface area contributed by atoms with Gasteiger partial charge in [-0.1, -0.05) is 0 Å². The molecule has 4 nitrogen and oxygen atoms in total. The van der Waals surface area contributed by atoms with Crippen LogP contribution in [0.2, 0.25) is 0 Å². The monoisotopic (exact) mass is 297 g/mol. The van der Waals surface area contributed by atoms with Crippen molar-refractivity contribution in [3.63, 3.8) is 0 Å². The van der Waals surface area contributed by atoms with E-state index < -0.39 is 0 Å². The van der Waals surface area contributed by atoms with Crippen molar-refractivity contribution >= 4 is 15.9 Å². The Labute approximate surface area is 109 Å². The molecule has 0 saturated heterocycles. The molecule has 1 atom stereocenters. The lowest BCUT2D eigenvalue weighted by Gasteiger charge is -2.15. The van der Waals surface area contributed by atoms with Gasteiger partial charge in [-0.15, -0.1) is 0 Å². The Morgan fingerprint density at radius 3 is 2.88 bits per heavy atom. The first-order chi connectivity index (χ1) is 8.17. The number of nitrogens with zero attached hydrogens (tertiary/aromatic N) is 2. The van der Waals surface area contributed by atoms with E-state index in [9.17, 15) is 0 Å². The van der Waals surface area contributed by atoms with E-state index in [0.717, 1.165) is 28.2 Å². The van der Waals surface area contributed by atoms with Crippen LogP contribution in [-0.2, 0) is 6.54 Å². The molecule has 0 aliphatic carbocycles. The first kappa shape index (κ1) is 12.4. The van der Waals surface area contributed by atoms with Gasteiger partial charge in [-0.3, -0.25) is 4.68 Å². The van der Waals surface area contributed by atoms with Crippen LogP contribution in [0, 0.1) is 6.92 Å². The lowest BCUT2D eigenvalue weighted by atomic mass is 10.1. The number of aromatic nitrogens is 2. The van der Waals surface area contributed by atoms with Gasteiger partial charge in [0.2, 0.25) is 0 Å². The first-order valence-corrected chi connectivity index (χ1v) is 6.41. The highest BCUT2D eigenvalue weighted by atomic mass is 79.9. The fourth-order valence-corrected chi connectivity index (χ4v) is 2.41. The lowest BCUT2D eigenvalue weighted by Crippen LogP contribution is -2.21. The molecule has 0 fully saturated rings. The molecule has 0 saturated carbocycles. The Bertz CT molecular complexity index is 504. The van der Waals surface area contributed by atoms with Crippen LogP contribution >= 0.6 is 15.9 Å². The average Bonchev–Trinajstić information content (AvgIpc) is 2.88. The summed E-state index contributed by atoms with van der Waals surface area (Å²) >= 11 is 3.49. The molecule has 0 radical (unpaired) electrons. The van der Waals surface area contributed by atoms with Crippen molar-refractivity contribution in [1.29, 1.82) is 0 Å². The number of hydrogen-bond acceptors (Lipinski definition) is 3. The minimum atomic E-state index is 0.0144. The molecule has 2 aromatic heterocycles. The summed E-state index contributed by atoms with van der Waals surface area (Å²) in [6, 6.07) is 4.00. The summed E-state index contributed by atoms with van der Waals surface area (Å²) in [7, 11) is 1.92. The highest BCUT2D eigenvalue weighted by Crippen LogP contribution is 2.29. The van der Waals surface area contributed by atoms with Crippen LogP contribution < -0.4 is 5.32 Å². The van der Waals surface area contributed by atoms with Gasteiger partial charge >= 0.3 is 0 Å². The third-order valence-corrected chi connectivity index (χ3v) is 3.38. The zero-order valence-corrected chi connectivity index (χ0v) is 11.8. The van der Waals surface area contributed by atoms with E-state index >= 15 is 0 Å². The second-order valence-corrected chi connectivity index (χ2v) is 4.74. The molecular formula is C12H16BrN3O. The number of rotatable bonds is 4. The Kier molecular flexibility index (Phi) is 3.69. The van der Waals surface area contributed by atoms with Gasteiger partial charge in [0.25, 0.3) is 0 Å². The summed E-state index contributed by atoms with van der Waals surface area (Å²) in [5, 5.41) is 7.72. The molecule has 1 N–H and O–H groups in total. The molecule has 2 aromatic rings. The predicted molar refractivity (Wildman–Crippen MR) is 69.9 cm³/mol. The van der Waals surface area contributed by atoms with Crippen molar-refractivity contribution in [3.05, 3.63) is 40.0 Å². The fraction of sp³-hybridized carbons (Fsp3) is 0.417. The van der Waals surface area contributed by atoms with Crippen LogP contribution in [0.25, 0.3) is 0 Å². The second kappa shape index (κ2) is 5.06. The number of aryl methyl sites for hydroxylation is 2. The third kappa shape index (κ3) is 2.30. The molecular weight excluding hydrogens is 282 g/mol. The zero-order valence-electron chi connectivity index (χ0n) is 10.2. The molecule has 0 amide bonds. The van der Waals surface area contributed by atoms with Gasteiger partial charge in [0.1, 0.15) is 11.8 Å². The highest BCUT2D eigenvalue weighted by molar-refractivity contribution is 9.10. The second-order valence-electron chi connectivity index (χ2n) is 3.88. The van der Waals surface area contributed by atoms with Gasteiger partial charge in [-0.05, 0) is 49.0 Å². The van der Waals surface area contributed by atoms with E-state index in [2.05, 4.69) is 39.3 Å². The van der Waals surface area contributed by atoms with Crippen LogP contribution in [0.3, 0.4) is 0 Å². The summed E-state index contributed by atoms with van der Waals surface area (Å²) in [5.74, 6) is 0.877. The normalized spacial score (nSPS) is 12.9. The predicted octanol–water partition coefficient (Wildman–Crippen LogP) is 2.88. The van der Waals surface area contributed by atoms with E-state index in [0.29, 0.717) is 0 Å². The van der Waals surface area contributed by atoms with Crippen molar-refractivity contribution in [3.8, 4) is 0 Å². The molecule has 92 valence electrons. The maximum atomic E-state index is 5.53. The quantitative estimate of drug-likeness (QED) is 0.944. The standard InChI is InChI=1S/C12H16BrN3O/c1-4-16-10(7-8(2)15-16)11(14-3)12-9(13)5-6-17-12/h5-7,11,14H,4H2,1-3H3. The van der Waals surface area contributed by atoms with E-state index in [1.165, 1.54) is 0 Å². The van der Waals surface area contributed by atoms with Crippen LogP contribution in [0.5, 0.6) is 0 Å². The molecule has 0 aliphatic heterocycles. The topological polar surface area (TPSA) is 43.0 Å². The smallest absolute Gasteiger partial charge is 0.140 e. The van der Waals surface area contributed by atoms with Crippen molar-refractivity contribution in [2.75, 3.05) is 7.05 Å². The van der Waals surface area contributed by atoms with E-state index in [1.807, 2.05) is 24.7 Å². The van der Waals surface area contributed by atoms with Gasteiger partial charge < -0.3 is 9.73 Å². The molecule has 0 spiro atoms. The molecule has 5 heteroatoms. The van der Waals surface area contributed by atoms with Gasteiger partial charge in [-0.2, -0.15) is 5.10 Å². The van der Waals surface area contributed by atoms with E-state index in [-0.39, 0.29) is 6.04 Å². The molecule has 2 rings (SSSR count). The molecule has 0 aromatic carbocycles. The lowest BCUT2D eigenvalue weighted by molar-refractivity contribution is 0.441. The Morgan fingerprint density at radius 2 is 2.35 bits per heavy atom. The van der Waals surface area contributed by atoms with Crippen LogP contribution in [0.1, 0.15) is 30.1 Å². The van der Waals surface area contributed by atoms with E-state index in [1.54, 1.807) is 6.26 Å². The summed E-state index contributed by atoms with van der Waals surface area (Å²) in [6.07, 6.45) is 1.68. The van der Waals surface area contributed by atoms with Crippen molar-refractivity contribution in [2.24, 2.45) is 0 Å². The third-order valence-electron chi connectivity index (χ3n) is 2.72. The molecule has 0 aliphatic rings. The molecule has 2 heterocycles.